The smallest absolute Gasteiger partial charge is 0.166 e. The third-order valence-electron chi connectivity index (χ3n) is 1.27. The number of rotatable bonds is 3. The second-order valence-electron chi connectivity index (χ2n) is 2.07. The van der Waals surface area contributed by atoms with Crippen LogP contribution >= 0.6 is 12.2 Å². The maximum Gasteiger partial charge on any atom is 0.166 e. The number of ether oxygens (including phenoxy) is 1. The molecule has 60 valence electrons. The van der Waals surface area contributed by atoms with Gasteiger partial charge in [0.25, 0.3) is 0 Å². The Kier molecular flexibility index (Phi) is 2.62. The Labute approximate surface area is 70.1 Å². The fourth-order valence-electron chi connectivity index (χ4n) is 0.821. The molecule has 2 N–H and O–H groups in total. The molecule has 0 fully saturated rings. The van der Waals surface area contributed by atoms with Crippen molar-refractivity contribution in [2.45, 2.75) is 6.61 Å². The van der Waals surface area contributed by atoms with Crippen LogP contribution in [0.15, 0.2) is 16.7 Å². The molecule has 0 aliphatic heterocycles. The summed E-state index contributed by atoms with van der Waals surface area (Å²) in [5, 5.41) is 0. The summed E-state index contributed by atoms with van der Waals surface area (Å²) in [4.78, 5) is 0.266. The summed E-state index contributed by atoms with van der Waals surface area (Å²) in [5.74, 6) is 0.543. The van der Waals surface area contributed by atoms with E-state index >= 15 is 0 Å². The first-order valence-electron chi connectivity index (χ1n) is 3.11. The van der Waals surface area contributed by atoms with E-state index in [1.807, 2.05) is 0 Å². The molecule has 0 spiro atoms. The molecule has 0 aliphatic rings. The van der Waals surface area contributed by atoms with Crippen molar-refractivity contribution in [3.05, 3.63) is 23.7 Å². The van der Waals surface area contributed by atoms with Crippen molar-refractivity contribution in [3.8, 4) is 0 Å². The Hall–Kier alpha value is -0.870. The molecule has 1 aromatic rings. The first-order valence-corrected chi connectivity index (χ1v) is 3.51. The molecule has 1 heterocycles. The van der Waals surface area contributed by atoms with Gasteiger partial charge in [0.15, 0.2) is 5.76 Å². The van der Waals surface area contributed by atoms with Gasteiger partial charge in [0, 0.05) is 12.7 Å². The zero-order valence-electron chi connectivity index (χ0n) is 6.16. The third-order valence-corrected chi connectivity index (χ3v) is 1.46. The zero-order valence-corrected chi connectivity index (χ0v) is 6.98. The van der Waals surface area contributed by atoms with Crippen LogP contribution in [0.2, 0.25) is 0 Å². The minimum atomic E-state index is 0.266. The van der Waals surface area contributed by atoms with Crippen LogP contribution < -0.4 is 5.73 Å². The van der Waals surface area contributed by atoms with Gasteiger partial charge in [0.05, 0.1) is 12.9 Å². The van der Waals surface area contributed by atoms with Gasteiger partial charge in [-0.3, -0.25) is 0 Å². The van der Waals surface area contributed by atoms with Crippen molar-refractivity contribution in [1.82, 2.24) is 0 Å². The van der Waals surface area contributed by atoms with E-state index in [1.54, 1.807) is 19.4 Å². The van der Waals surface area contributed by atoms with Crippen molar-refractivity contribution in [1.29, 1.82) is 0 Å². The first-order chi connectivity index (χ1) is 5.25. The van der Waals surface area contributed by atoms with Gasteiger partial charge in [-0.05, 0) is 6.07 Å². The zero-order chi connectivity index (χ0) is 8.27. The molecule has 0 aliphatic carbocycles. The van der Waals surface area contributed by atoms with Gasteiger partial charge in [-0.1, -0.05) is 12.2 Å². The summed E-state index contributed by atoms with van der Waals surface area (Å²) >= 11 is 4.75. The Bertz CT molecular complexity index is 257. The highest BCUT2D eigenvalue weighted by atomic mass is 32.1. The van der Waals surface area contributed by atoms with E-state index in [-0.39, 0.29) is 4.99 Å². The molecule has 3 nitrogen and oxygen atoms in total. The number of hydrogen-bond acceptors (Lipinski definition) is 3. The van der Waals surface area contributed by atoms with Gasteiger partial charge in [-0.15, -0.1) is 0 Å². The monoisotopic (exact) mass is 171 g/mol. The number of hydrogen-bond donors (Lipinski definition) is 1. The Morgan fingerprint density at radius 1 is 1.82 bits per heavy atom. The fraction of sp³-hybridized carbons (Fsp3) is 0.286. The molecule has 0 saturated carbocycles. The molecule has 0 radical (unpaired) electrons. The Morgan fingerprint density at radius 3 is 3.09 bits per heavy atom. The summed E-state index contributed by atoms with van der Waals surface area (Å²) in [6, 6.07) is 1.79. The van der Waals surface area contributed by atoms with Crippen molar-refractivity contribution >= 4 is 17.2 Å². The van der Waals surface area contributed by atoms with Crippen LogP contribution in [-0.2, 0) is 11.3 Å². The van der Waals surface area contributed by atoms with Crippen LogP contribution in [0.25, 0.3) is 0 Å². The van der Waals surface area contributed by atoms with Crippen LogP contribution in [-0.4, -0.2) is 12.1 Å². The summed E-state index contributed by atoms with van der Waals surface area (Å²) in [6.45, 7) is 0.475. The molecule has 0 amide bonds. The van der Waals surface area contributed by atoms with E-state index in [1.165, 1.54) is 0 Å². The lowest BCUT2D eigenvalue weighted by Gasteiger charge is -1.97. The largest absolute Gasteiger partial charge is 0.462 e. The van der Waals surface area contributed by atoms with E-state index in [2.05, 4.69) is 0 Å². The minimum absolute atomic E-state index is 0.266. The minimum Gasteiger partial charge on any atom is -0.462 e. The van der Waals surface area contributed by atoms with Gasteiger partial charge in [0.1, 0.15) is 4.99 Å². The van der Waals surface area contributed by atoms with Gasteiger partial charge in [-0.2, -0.15) is 0 Å². The molecular formula is C7H9NO2S. The van der Waals surface area contributed by atoms with Crippen LogP contribution in [0.3, 0.4) is 0 Å². The van der Waals surface area contributed by atoms with Gasteiger partial charge in [-0.25, -0.2) is 0 Å². The van der Waals surface area contributed by atoms with Crippen LogP contribution in [0.1, 0.15) is 11.3 Å². The second-order valence-corrected chi connectivity index (χ2v) is 2.51. The maximum absolute atomic E-state index is 5.37. The lowest BCUT2D eigenvalue weighted by atomic mass is 10.2. The van der Waals surface area contributed by atoms with Gasteiger partial charge in [0.2, 0.25) is 0 Å². The fourth-order valence-corrected chi connectivity index (χ4v) is 1.00. The number of thiocarbonyl (C=S) groups is 1. The van der Waals surface area contributed by atoms with Crippen molar-refractivity contribution in [3.63, 3.8) is 0 Å². The average Bonchev–Trinajstić information content (AvgIpc) is 2.36. The number of nitrogens with two attached hydrogens (primary N) is 1. The summed E-state index contributed by atoms with van der Waals surface area (Å²) in [5.41, 5.74) is 6.26. The molecule has 4 heteroatoms. The van der Waals surface area contributed by atoms with Crippen molar-refractivity contribution < 1.29 is 9.15 Å². The predicted octanol–water partition coefficient (Wildman–Crippen LogP) is 1.06. The highest BCUT2D eigenvalue weighted by Crippen LogP contribution is 2.10. The lowest BCUT2D eigenvalue weighted by molar-refractivity contribution is 0.184. The maximum atomic E-state index is 5.37. The molecule has 0 aromatic carbocycles. The van der Waals surface area contributed by atoms with Crippen LogP contribution in [0, 0.1) is 0 Å². The van der Waals surface area contributed by atoms with Gasteiger partial charge >= 0.3 is 0 Å². The summed E-state index contributed by atoms with van der Waals surface area (Å²) < 4.78 is 9.93. The summed E-state index contributed by atoms with van der Waals surface area (Å²) in [7, 11) is 1.61. The molecule has 11 heavy (non-hydrogen) atoms. The lowest BCUT2D eigenvalue weighted by Crippen LogP contribution is -2.10. The molecule has 0 bridgehead atoms. The second kappa shape index (κ2) is 3.50. The Balaban J connectivity index is 2.87. The quantitative estimate of drug-likeness (QED) is 0.691. The Morgan fingerprint density at radius 2 is 2.55 bits per heavy atom. The standard InChI is InChI=1S/C7H9NO2S/c1-9-4-5-2-3-10-6(5)7(8)11/h2-3H,4H2,1H3,(H2,8,11). The molecule has 0 atom stereocenters. The van der Waals surface area contributed by atoms with Crippen molar-refractivity contribution in [2.24, 2.45) is 5.73 Å². The number of methoxy groups -OCH3 is 1. The van der Waals surface area contributed by atoms with Gasteiger partial charge < -0.3 is 14.9 Å². The van der Waals surface area contributed by atoms with Crippen LogP contribution in [0.4, 0.5) is 0 Å². The first kappa shape index (κ1) is 8.23. The summed E-state index contributed by atoms with van der Waals surface area (Å²) in [6.07, 6.45) is 1.54. The normalized spacial score (nSPS) is 9.91. The van der Waals surface area contributed by atoms with E-state index in [4.69, 9.17) is 27.1 Å². The van der Waals surface area contributed by atoms with E-state index < -0.39 is 0 Å². The third kappa shape index (κ3) is 1.78. The molecular weight excluding hydrogens is 162 g/mol. The molecule has 0 unspecified atom stereocenters. The van der Waals surface area contributed by atoms with E-state index in [9.17, 15) is 0 Å². The van der Waals surface area contributed by atoms with E-state index in [0.717, 1.165) is 5.56 Å². The molecule has 1 aromatic heterocycles. The highest BCUT2D eigenvalue weighted by Gasteiger charge is 2.07. The van der Waals surface area contributed by atoms with Crippen LogP contribution in [0.5, 0.6) is 0 Å². The predicted molar refractivity (Wildman–Crippen MR) is 45.3 cm³/mol. The number of furan rings is 1. The topological polar surface area (TPSA) is 48.4 Å². The van der Waals surface area contributed by atoms with E-state index in [0.29, 0.717) is 12.4 Å². The molecule has 0 saturated heterocycles. The average molecular weight is 171 g/mol. The SMILES string of the molecule is COCc1ccoc1C(N)=S. The molecule has 1 rings (SSSR count). The highest BCUT2D eigenvalue weighted by molar-refractivity contribution is 7.80. The van der Waals surface area contributed by atoms with Crippen molar-refractivity contribution in [2.75, 3.05) is 7.11 Å².